The van der Waals surface area contributed by atoms with E-state index in [1.54, 1.807) is 48.1 Å². The molecular weight excluding hydrogens is 348 g/mol. The van der Waals surface area contributed by atoms with Crippen molar-refractivity contribution in [3.05, 3.63) is 59.4 Å². The van der Waals surface area contributed by atoms with Crippen LogP contribution in [-0.2, 0) is 16.9 Å². The molecule has 0 aliphatic carbocycles. The maximum absolute atomic E-state index is 12.9. The molecule has 6 nitrogen and oxygen atoms in total. The van der Waals surface area contributed by atoms with Gasteiger partial charge in [-0.3, -0.25) is 4.68 Å². The summed E-state index contributed by atoms with van der Waals surface area (Å²) in [7, 11) is -1.93. The van der Waals surface area contributed by atoms with Crippen LogP contribution < -0.4 is 5.32 Å². The molecule has 0 saturated heterocycles. The number of rotatable bonds is 4. The second-order valence-electron chi connectivity index (χ2n) is 5.22. The van der Waals surface area contributed by atoms with Crippen LogP contribution in [0.3, 0.4) is 0 Å². The van der Waals surface area contributed by atoms with E-state index in [1.165, 1.54) is 12.1 Å². The molecule has 3 aromatic rings. The molecule has 0 unspecified atom stereocenters. The van der Waals surface area contributed by atoms with Gasteiger partial charge in [0.05, 0.1) is 4.90 Å². The lowest BCUT2D eigenvalue weighted by molar-refractivity contribution is 0.596. The maximum atomic E-state index is 12.9. The van der Waals surface area contributed by atoms with Crippen LogP contribution in [0, 0.1) is 6.92 Å². The SMILES string of the molecule is Cc1cc(Nc2nc(Cl)ccc2S(=O)(=O)c2ccccc2)nn1C. The van der Waals surface area contributed by atoms with E-state index in [9.17, 15) is 8.42 Å². The molecule has 0 radical (unpaired) electrons. The zero-order valence-corrected chi connectivity index (χ0v) is 14.6. The van der Waals surface area contributed by atoms with Crippen LogP contribution in [-0.4, -0.2) is 23.2 Å². The fraction of sp³-hybridized carbons (Fsp3) is 0.125. The van der Waals surface area contributed by atoms with Crippen molar-refractivity contribution in [1.29, 1.82) is 0 Å². The van der Waals surface area contributed by atoms with Crippen molar-refractivity contribution in [2.75, 3.05) is 5.32 Å². The molecule has 2 aromatic heterocycles. The highest BCUT2D eigenvalue weighted by atomic mass is 35.5. The second kappa shape index (κ2) is 6.26. The summed E-state index contributed by atoms with van der Waals surface area (Å²) in [6, 6.07) is 12.9. The first-order valence-corrected chi connectivity index (χ1v) is 8.98. The van der Waals surface area contributed by atoms with E-state index in [4.69, 9.17) is 11.6 Å². The first-order chi connectivity index (χ1) is 11.4. The zero-order chi connectivity index (χ0) is 17.3. The summed E-state index contributed by atoms with van der Waals surface area (Å²) in [5.41, 5.74) is 0.923. The quantitative estimate of drug-likeness (QED) is 0.720. The Morgan fingerprint density at radius 1 is 1.12 bits per heavy atom. The molecule has 0 saturated carbocycles. The lowest BCUT2D eigenvalue weighted by atomic mass is 10.4. The highest BCUT2D eigenvalue weighted by molar-refractivity contribution is 7.91. The molecule has 0 spiro atoms. The molecule has 0 aliphatic rings. The Labute approximate surface area is 145 Å². The molecule has 2 heterocycles. The summed E-state index contributed by atoms with van der Waals surface area (Å²) < 4.78 is 27.4. The van der Waals surface area contributed by atoms with Crippen LogP contribution in [0.25, 0.3) is 0 Å². The van der Waals surface area contributed by atoms with E-state index < -0.39 is 9.84 Å². The average Bonchev–Trinajstić information content (AvgIpc) is 2.86. The van der Waals surface area contributed by atoms with Gasteiger partial charge in [-0.05, 0) is 31.2 Å². The van der Waals surface area contributed by atoms with Crippen molar-refractivity contribution in [3.63, 3.8) is 0 Å². The number of sulfone groups is 1. The normalized spacial score (nSPS) is 11.5. The molecule has 0 bridgehead atoms. The highest BCUT2D eigenvalue weighted by Crippen LogP contribution is 2.29. The number of benzene rings is 1. The van der Waals surface area contributed by atoms with Gasteiger partial charge in [0.2, 0.25) is 9.84 Å². The largest absolute Gasteiger partial charge is 0.322 e. The van der Waals surface area contributed by atoms with Crippen molar-refractivity contribution >= 4 is 33.1 Å². The van der Waals surface area contributed by atoms with E-state index in [-0.39, 0.29) is 20.8 Å². The fourth-order valence-electron chi connectivity index (χ4n) is 2.20. The van der Waals surface area contributed by atoms with Gasteiger partial charge >= 0.3 is 0 Å². The molecule has 0 amide bonds. The topological polar surface area (TPSA) is 76.9 Å². The minimum absolute atomic E-state index is 0.0430. The molecule has 0 aliphatic heterocycles. The minimum atomic E-state index is -3.73. The zero-order valence-electron chi connectivity index (χ0n) is 13.1. The third kappa shape index (κ3) is 3.13. The number of halogens is 1. The van der Waals surface area contributed by atoms with Gasteiger partial charge in [-0.1, -0.05) is 29.8 Å². The van der Waals surface area contributed by atoms with Crippen molar-refractivity contribution in [2.45, 2.75) is 16.7 Å². The molecule has 1 aromatic carbocycles. The summed E-state index contributed by atoms with van der Waals surface area (Å²) >= 11 is 5.94. The Morgan fingerprint density at radius 2 is 1.83 bits per heavy atom. The molecule has 0 fully saturated rings. The van der Waals surface area contributed by atoms with E-state index in [1.807, 2.05) is 6.92 Å². The number of aryl methyl sites for hydroxylation is 2. The first-order valence-electron chi connectivity index (χ1n) is 7.12. The molecular formula is C16H15ClN4O2S. The Morgan fingerprint density at radius 3 is 2.46 bits per heavy atom. The van der Waals surface area contributed by atoms with Gasteiger partial charge in [0.25, 0.3) is 0 Å². The van der Waals surface area contributed by atoms with Gasteiger partial charge in [-0.2, -0.15) is 5.10 Å². The van der Waals surface area contributed by atoms with Gasteiger partial charge in [0.15, 0.2) is 11.6 Å². The van der Waals surface area contributed by atoms with Crippen molar-refractivity contribution < 1.29 is 8.42 Å². The number of nitrogens with zero attached hydrogens (tertiary/aromatic N) is 3. The third-order valence-electron chi connectivity index (χ3n) is 3.53. The van der Waals surface area contributed by atoms with Crippen LogP contribution in [0.15, 0.2) is 58.3 Å². The Kier molecular flexibility index (Phi) is 4.29. The summed E-state index contributed by atoms with van der Waals surface area (Å²) in [4.78, 5) is 4.36. The van der Waals surface area contributed by atoms with Crippen LogP contribution in [0.2, 0.25) is 5.15 Å². The number of hydrogen-bond donors (Lipinski definition) is 1. The molecule has 0 atom stereocenters. The van der Waals surface area contributed by atoms with E-state index >= 15 is 0 Å². The van der Waals surface area contributed by atoms with Gasteiger partial charge in [-0.15, -0.1) is 0 Å². The number of anilines is 2. The summed E-state index contributed by atoms with van der Waals surface area (Å²) in [5.74, 6) is 0.638. The second-order valence-corrected chi connectivity index (χ2v) is 7.52. The molecule has 8 heteroatoms. The van der Waals surface area contributed by atoms with E-state index in [0.29, 0.717) is 5.82 Å². The minimum Gasteiger partial charge on any atom is -0.322 e. The Balaban J connectivity index is 2.09. The maximum Gasteiger partial charge on any atom is 0.210 e. The fourth-order valence-corrected chi connectivity index (χ4v) is 3.71. The van der Waals surface area contributed by atoms with Gasteiger partial charge in [-0.25, -0.2) is 13.4 Å². The highest BCUT2D eigenvalue weighted by Gasteiger charge is 2.23. The third-order valence-corrected chi connectivity index (χ3v) is 5.54. The molecule has 24 heavy (non-hydrogen) atoms. The Hall–Kier alpha value is -2.38. The summed E-state index contributed by atoms with van der Waals surface area (Å²) in [6.45, 7) is 1.89. The van der Waals surface area contributed by atoms with Crippen molar-refractivity contribution in [3.8, 4) is 0 Å². The standard InChI is InChI=1S/C16H15ClN4O2S/c1-11-10-15(20-21(11)2)19-16-13(8-9-14(17)18-16)24(22,23)12-6-4-3-5-7-12/h3-10H,1-2H3,(H,18,19,20). The van der Waals surface area contributed by atoms with Gasteiger partial charge in [0.1, 0.15) is 10.0 Å². The molecule has 1 N–H and O–H groups in total. The molecule has 124 valence electrons. The lowest BCUT2D eigenvalue weighted by Gasteiger charge is -2.10. The van der Waals surface area contributed by atoms with Crippen molar-refractivity contribution in [1.82, 2.24) is 14.8 Å². The van der Waals surface area contributed by atoms with Gasteiger partial charge < -0.3 is 5.32 Å². The predicted octanol–water partition coefficient (Wildman–Crippen LogP) is 3.35. The number of nitrogens with one attached hydrogen (secondary N) is 1. The summed E-state index contributed by atoms with van der Waals surface area (Å²) in [6.07, 6.45) is 0. The monoisotopic (exact) mass is 362 g/mol. The number of pyridine rings is 1. The summed E-state index contributed by atoms with van der Waals surface area (Å²) in [5, 5.41) is 7.39. The number of aromatic nitrogens is 3. The van der Waals surface area contributed by atoms with Gasteiger partial charge in [0, 0.05) is 18.8 Å². The van der Waals surface area contributed by atoms with Crippen LogP contribution in [0.5, 0.6) is 0 Å². The first kappa shape index (κ1) is 16.5. The van der Waals surface area contributed by atoms with E-state index in [2.05, 4.69) is 15.4 Å². The Bertz CT molecular complexity index is 965. The number of hydrogen-bond acceptors (Lipinski definition) is 5. The van der Waals surface area contributed by atoms with Crippen LogP contribution in [0.4, 0.5) is 11.6 Å². The lowest BCUT2D eigenvalue weighted by Crippen LogP contribution is -2.07. The predicted molar refractivity (Wildman–Crippen MR) is 92.4 cm³/mol. The van der Waals surface area contributed by atoms with Crippen LogP contribution >= 0.6 is 11.6 Å². The smallest absolute Gasteiger partial charge is 0.210 e. The average molecular weight is 363 g/mol. The van der Waals surface area contributed by atoms with E-state index in [0.717, 1.165) is 5.69 Å². The molecule has 3 rings (SSSR count). The van der Waals surface area contributed by atoms with Crippen LogP contribution in [0.1, 0.15) is 5.69 Å². The van der Waals surface area contributed by atoms with Crippen molar-refractivity contribution in [2.24, 2.45) is 7.05 Å².